The maximum Gasteiger partial charge on any atom is 0.0286 e. The van der Waals surface area contributed by atoms with Crippen LogP contribution in [0.15, 0.2) is 0 Å². The predicted molar refractivity (Wildman–Crippen MR) is 39.9 cm³/mol. The van der Waals surface area contributed by atoms with Crippen LogP contribution in [-0.2, 0) is 0 Å². The van der Waals surface area contributed by atoms with Gasteiger partial charge >= 0.3 is 0 Å². The van der Waals surface area contributed by atoms with Gasteiger partial charge in [-0.2, -0.15) is 0 Å². The molecule has 0 bridgehead atoms. The van der Waals surface area contributed by atoms with E-state index >= 15 is 0 Å². The third-order valence-electron chi connectivity index (χ3n) is 2.41. The molecule has 2 unspecified atom stereocenters. The largest absolute Gasteiger partial charge is 0.120 e. The van der Waals surface area contributed by atoms with Gasteiger partial charge in [0.1, 0.15) is 0 Å². The van der Waals surface area contributed by atoms with Crippen LogP contribution in [-0.4, -0.2) is 0 Å². The first-order chi connectivity index (χ1) is 4.08. The van der Waals surface area contributed by atoms with Crippen molar-refractivity contribution in [1.82, 2.24) is 0 Å². The van der Waals surface area contributed by atoms with Gasteiger partial charge in [-0.25, -0.2) is 0 Å². The molecule has 0 aromatic carbocycles. The van der Waals surface area contributed by atoms with Crippen LogP contribution in [0.2, 0.25) is 0 Å². The molecular formula is C9H14. The van der Waals surface area contributed by atoms with E-state index in [2.05, 4.69) is 26.7 Å². The maximum absolute atomic E-state index is 5.36. The Balaban J connectivity index is 2.54. The zero-order valence-electron chi connectivity index (χ0n) is 6.44. The smallest absolute Gasteiger partial charge is 0.0286 e. The summed E-state index contributed by atoms with van der Waals surface area (Å²) in [7, 11) is 0. The summed E-state index contributed by atoms with van der Waals surface area (Å²) in [4.78, 5) is 0. The Bertz CT molecular complexity index is 148. The average Bonchev–Trinajstić information content (AvgIpc) is 2.47. The van der Waals surface area contributed by atoms with Crippen molar-refractivity contribution in [2.45, 2.75) is 27.2 Å². The minimum absolute atomic E-state index is 0.152. The Morgan fingerprint density at radius 1 is 1.56 bits per heavy atom. The van der Waals surface area contributed by atoms with Crippen molar-refractivity contribution in [3.63, 3.8) is 0 Å². The Hall–Kier alpha value is -0.440. The summed E-state index contributed by atoms with van der Waals surface area (Å²) in [6.45, 7) is 6.58. The summed E-state index contributed by atoms with van der Waals surface area (Å²) in [6, 6.07) is 0. The van der Waals surface area contributed by atoms with Crippen LogP contribution in [0.4, 0.5) is 0 Å². The summed E-state index contributed by atoms with van der Waals surface area (Å²) in [5, 5.41) is 0. The van der Waals surface area contributed by atoms with Crippen LogP contribution in [0.1, 0.15) is 27.2 Å². The molecule has 0 nitrogen and oxygen atoms in total. The van der Waals surface area contributed by atoms with Crippen molar-refractivity contribution in [3.8, 4) is 12.3 Å². The van der Waals surface area contributed by atoms with Gasteiger partial charge in [0.05, 0.1) is 0 Å². The Morgan fingerprint density at radius 3 is 2.11 bits per heavy atom. The van der Waals surface area contributed by atoms with E-state index in [1.54, 1.807) is 0 Å². The summed E-state index contributed by atoms with van der Waals surface area (Å²) >= 11 is 0. The monoisotopic (exact) mass is 122 g/mol. The SMILES string of the molecule is C#CC(C)(C)C1CC1C. The molecule has 0 N–H and O–H groups in total. The highest BCUT2D eigenvalue weighted by atomic mass is 14.5. The first kappa shape index (κ1) is 6.68. The highest BCUT2D eigenvalue weighted by molar-refractivity contribution is 5.09. The summed E-state index contributed by atoms with van der Waals surface area (Å²) in [5.41, 5.74) is 0.152. The molecule has 0 aromatic heterocycles. The van der Waals surface area contributed by atoms with Gasteiger partial charge in [-0.1, -0.05) is 6.92 Å². The van der Waals surface area contributed by atoms with Gasteiger partial charge in [0.15, 0.2) is 0 Å². The number of terminal acetylenes is 1. The molecule has 0 aliphatic heterocycles. The molecule has 1 rings (SSSR count). The molecule has 0 saturated heterocycles. The maximum atomic E-state index is 5.36. The second kappa shape index (κ2) is 1.77. The fourth-order valence-corrected chi connectivity index (χ4v) is 1.43. The lowest BCUT2D eigenvalue weighted by Crippen LogP contribution is -2.11. The van der Waals surface area contributed by atoms with Crippen LogP contribution in [0.5, 0.6) is 0 Å². The normalized spacial score (nSPS) is 33.6. The molecule has 1 saturated carbocycles. The predicted octanol–water partition coefficient (Wildman–Crippen LogP) is 2.30. The highest BCUT2D eigenvalue weighted by Crippen LogP contribution is 2.49. The van der Waals surface area contributed by atoms with E-state index in [1.165, 1.54) is 6.42 Å². The molecule has 1 fully saturated rings. The summed E-state index contributed by atoms with van der Waals surface area (Å²) < 4.78 is 0. The molecule has 0 spiro atoms. The molecule has 0 heterocycles. The fourth-order valence-electron chi connectivity index (χ4n) is 1.43. The molecule has 1 aliphatic rings. The minimum atomic E-state index is 0.152. The Labute approximate surface area is 57.7 Å². The Kier molecular flexibility index (Phi) is 1.31. The van der Waals surface area contributed by atoms with E-state index in [-0.39, 0.29) is 5.41 Å². The van der Waals surface area contributed by atoms with Crippen LogP contribution < -0.4 is 0 Å². The lowest BCUT2D eigenvalue weighted by atomic mass is 9.87. The van der Waals surface area contributed by atoms with E-state index in [4.69, 9.17) is 6.42 Å². The zero-order chi connectivity index (χ0) is 7.07. The minimum Gasteiger partial charge on any atom is -0.120 e. The average molecular weight is 122 g/mol. The van der Waals surface area contributed by atoms with E-state index in [0.717, 1.165) is 11.8 Å². The quantitative estimate of drug-likeness (QED) is 0.468. The molecule has 0 aromatic rings. The molecule has 0 radical (unpaired) electrons. The van der Waals surface area contributed by atoms with E-state index in [1.807, 2.05) is 0 Å². The van der Waals surface area contributed by atoms with Crippen molar-refractivity contribution >= 4 is 0 Å². The van der Waals surface area contributed by atoms with Gasteiger partial charge in [-0.15, -0.1) is 12.3 Å². The molecule has 0 amide bonds. The number of rotatable bonds is 1. The van der Waals surface area contributed by atoms with Gasteiger partial charge in [-0.05, 0) is 32.1 Å². The molecule has 2 atom stereocenters. The zero-order valence-corrected chi connectivity index (χ0v) is 6.44. The van der Waals surface area contributed by atoms with Crippen molar-refractivity contribution < 1.29 is 0 Å². The van der Waals surface area contributed by atoms with Crippen molar-refractivity contribution in [1.29, 1.82) is 0 Å². The van der Waals surface area contributed by atoms with Gasteiger partial charge < -0.3 is 0 Å². The molecule has 0 heteroatoms. The standard InChI is InChI=1S/C9H14/c1-5-9(3,4)8-6-7(8)2/h1,7-8H,6H2,2-4H3. The third kappa shape index (κ3) is 1.10. The van der Waals surface area contributed by atoms with Crippen LogP contribution in [0, 0.1) is 29.6 Å². The second-order valence-corrected chi connectivity index (χ2v) is 3.69. The van der Waals surface area contributed by atoms with Crippen molar-refractivity contribution in [3.05, 3.63) is 0 Å². The fraction of sp³-hybridized carbons (Fsp3) is 0.778. The Morgan fingerprint density at radius 2 is 2.00 bits per heavy atom. The van der Waals surface area contributed by atoms with E-state index < -0.39 is 0 Å². The molecule has 9 heavy (non-hydrogen) atoms. The first-order valence-corrected chi connectivity index (χ1v) is 3.55. The van der Waals surface area contributed by atoms with Crippen molar-refractivity contribution in [2.75, 3.05) is 0 Å². The number of hydrogen-bond donors (Lipinski definition) is 0. The number of hydrogen-bond acceptors (Lipinski definition) is 0. The molecule has 1 aliphatic carbocycles. The summed E-state index contributed by atoms with van der Waals surface area (Å²) in [5.74, 6) is 4.50. The third-order valence-corrected chi connectivity index (χ3v) is 2.41. The van der Waals surface area contributed by atoms with Gasteiger partial charge in [0.2, 0.25) is 0 Å². The molecule has 50 valence electrons. The van der Waals surface area contributed by atoms with Crippen LogP contribution >= 0.6 is 0 Å². The van der Waals surface area contributed by atoms with Crippen LogP contribution in [0.3, 0.4) is 0 Å². The summed E-state index contributed by atoms with van der Waals surface area (Å²) in [6.07, 6.45) is 6.69. The lowest BCUT2D eigenvalue weighted by molar-refractivity contribution is 0.410. The van der Waals surface area contributed by atoms with Crippen LogP contribution in [0.25, 0.3) is 0 Å². The van der Waals surface area contributed by atoms with Gasteiger partial charge in [0.25, 0.3) is 0 Å². The lowest BCUT2D eigenvalue weighted by Gasteiger charge is -2.15. The first-order valence-electron chi connectivity index (χ1n) is 3.55. The molecular weight excluding hydrogens is 108 g/mol. The van der Waals surface area contributed by atoms with Gasteiger partial charge in [0, 0.05) is 5.41 Å². The van der Waals surface area contributed by atoms with Crippen molar-refractivity contribution in [2.24, 2.45) is 17.3 Å². The van der Waals surface area contributed by atoms with E-state index in [0.29, 0.717) is 0 Å². The van der Waals surface area contributed by atoms with Gasteiger partial charge in [-0.3, -0.25) is 0 Å². The second-order valence-electron chi connectivity index (χ2n) is 3.69. The van der Waals surface area contributed by atoms with E-state index in [9.17, 15) is 0 Å². The highest BCUT2D eigenvalue weighted by Gasteiger charge is 2.43. The topological polar surface area (TPSA) is 0 Å².